The molecular formula is C19H19N3O2S. The first-order valence-electron chi connectivity index (χ1n) is 8.53. The van der Waals surface area contributed by atoms with E-state index in [1.165, 1.54) is 16.1 Å². The zero-order valence-corrected chi connectivity index (χ0v) is 14.6. The molecule has 5 nitrogen and oxygen atoms in total. The zero-order valence-electron chi connectivity index (χ0n) is 13.8. The van der Waals surface area contributed by atoms with E-state index in [1.54, 1.807) is 23.5 Å². The molecule has 0 aliphatic carbocycles. The molecule has 0 saturated carbocycles. The summed E-state index contributed by atoms with van der Waals surface area (Å²) in [5, 5.41) is 12.0. The average Bonchev–Trinajstić information content (AvgIpc) is 3.26. The lowest BCUT2D eigenvalue weighted by Gasteiger charge is -2.22. The molecular weight excluding hydrogens is 334 g/mol. The molecule has 0 bridgehead atoms. The number of para-hydroxylation sites is 1. The topological polar surface area (TPSA) is 59.3 Å². The Bertz CT molecular complexity index is 858. The van der Waals surface area contributed by atoms with Crippen LogP contribution >= 0.6 is 11.3 Å². The van der Waals surface area contributed by atoms with Crippen molar-refractivity contribution in [3.63, 3.8) is 0 Å². The van der Waals surface area contributed by atoms with Crippen LogP contribution in [0.15, 0.2) is 48.5 Å². The SMILES string of the molecule is O=[N+]([O-])c1ccc(CCN2CCC[C@H]2c2nc3ccccc3s2)cc1. The van der Waals surface area contributed by atoms with Gasteiger partial charge in [-0.3, -0.25) is 15.0 Å². The molecule has 1 atom stereocenters. The van der Waals surface area contributed by atoms with E-state index in [0.29, 0.717) is 6.04 Å². The fourth-order valence-electron chi connectivity index (χ4n) is 3.46. The summed E-state index contributed by atoms with van der Waals surface area (Å²) in [6.45, 7) is 2.05. The Morgan fingerprint density at radius 2 is 2.00 bits per heavy atom. The normalized spacial score (nSPS) is 18.0. The number of thiazole rings is 1. The first-order chi connectivity index (χ1) is 12.2. The number of rotatable bonds is 5. The monoisotopic (exact) mass is 353 g/mol. The maximum Gasteiger partial charge on any atom is 0.269 e. The van der Waals surface area contributed by atoms with Crippen LogP contribution in [-0.4, -0.2) is 27.9 Å². The molecule has 2 aromatic carbocycles. The second kappa shape index (κ2) is 6.90. The van der Waals surface area contributed by atoms with Crippen LogP contribution in [0.2, 0.25) is 0 Å². The molecule has 128 valence electrons. The van der Waals surface area contributed by atoms with Gasteiger partial charge in [0.25, 0.3) is 5.69 Å². The summed E-state index contributed by atoms with van der Waals surface area (Å²) in [5.74, 6) is 0. The molecule has 6 heteroatoms. The fraction of sp³-hybridized carbons (Fsp3) is 0.316. The van der Waals surface area contributed by atoms with E-state index in [2.05, 4.69) is 23.1 Å². The Morgan fingerprint density at radius 3 is 2.76 bits per heavy atom. The highest BCUT2D eigenvalue weighted by molar-refractivity contribution is 7.18. The van der Waals surface area contributed by atoms with Gasteiger partial charge in [-0.15, -0.1) is 11.3 Å². The summed E-state index contributed by atoms with van der Waals surface area (Å²) in [4.78, 5) is 17.7. The molecule has 0 radical (unpaired) electrons. The molecule has 0 amide bonds. The van der Waals surface area contributed by atoms with Gasteiger partial charge in [0.05, 0.1) is 21.2 Å². The lowest BCUT2D eigenvalue weighted by molar-refractivity contribution is -0.384. The minimum Gasteiger partial charge on any atom is -0.294 e. The van der Waals surface area contributed by atoms with Gasteiger partial charge in [-0.25, -0.2) is 4.98 Å². The van der Waals surface area contributed by atoms with Crippen molar-refractivity contribution in [2.24, 2.45) is 0 Å². The molecule has 1 fully saturated rings. The van der Waals surface area contributed by atoms with Crippen molar-refractivity contribution >= 4 is 27.2 Å². The van der Waals surface area contributed by atoms with Gasteiger partial charge in [0, 0.05) is 18.7 Å². The van der Waals surface area contributed by atoms with Gasteiger partial charge in [-0.1, -0.05) is 24.3 Å². The second-order valence-electron chi connectivity index (χ2n) is 6.39. The average molecular weight is 353 g/mol. The van der Waals surface area contributed by atoms with Crippen molar-refractivity contribution in [2.75, 3.05) is 13.1 Å². The molecule has 25 heavy (non-hydrogen) atoms. The van der Waals surface area contributed by atoms with Gasteiger partial charge in [-0.05, 0) is 43.5 Å². The summed E-state index contributed by atoms with van der Waals surface area (Å²) < 4.78 is 1.25. The van der Waals surface area contributed by atoms with Crippen LogP contribution in [0, 0.1) is 10.1 Å². The van der Waals surface area contributed by atoms with Crippen molar-refractivity contribution in [1.82, 2.24) is 9.88 Å². The third-order valence-corrected chi connectivity index (χ3v) is 5.93. The standard InChI is InChI=1S/C19H19N3O2S/c23-22(24)15-9-7-14(8-10-15)11-13-21-12-3-5-17(21)19-20-16-4-1-2-6-18(16)25-19/h1-2,4,6-10,17H,3,5,11-13H2/t17-/m0/s1. The first kappa shape index (κ1) is 16.2. The molecule has 1 aliphatic heterocycles. The summed E-state index contributed by atoms with van der Waals surface area (Å²) in [6, 6.07) is 15.6. The Kier molecular flexibility index (Phi) is 4.46. The number of nitro benzene ring substituents is 1. The van der Waals surface area contributed by atoms with Gasteiger partial charge in [0.15, 0.2) is 0 Å². The van der Waals surface area contributed by atoms with Crippen LogP contribution in [0.4, 0.5) is 5.69 Å². The highest BCUT2D eigenvalue weighted by Crippen LogP contribution is 2.36. The van der Waals surface area contributed by atoms with Gasteiger partial charge in [0.2, 0.25) is 0 Å². The summed E-state index contributed by atoms with van der Waals surface area (Å²) >= 11 is 1.80. The van der Waals surface area contributed by atoms with Crippen LogP contribution < -0.4 is 0 Å². The predicted molar refractivity (Wildman–Crippen MR) is 100.0 cm³/mol. The lowest BCUT2D eigenvalue weighted by atomic mass is 10.1. The second-order valence-corrected chi connectivity index (χ2v) is 7.45. The van der Waals surface area contributed by atoms with Crippen LogP contribution in [0.25, 0.3) is 10.2 Å². The summed E-state index contributed by atoms with van der Waals surface area (Å²) in [7, 11) is 0. The van der Waals surface area contributed by atoms with E-state index >= 15 is 0 Å². The summed E-state index contributed by atoms with van der Waals surface area (Å²) in [5.41, 5.74) is 2.38. The maximum absolute atomic E-state index is 10.7. The molecule has 0 unspecified atom stereocenters. The quantitative estimate of drug-likeness (QED) is 0.497. The number of nitrogens with zero attached hydrogens (tertiary/aromatic N) is 3. The molecule has 0 N–H and O–H groups in total. The maximum atomic E-state index is 10.7. The van der Waals surface area contributed by atoms with E-state index in [9.17, 15) is 10.1 Å². The molecule has 1 saturated heterocycles. The molecule has 2 heterocycles. The zero-order chi connectivity index (χ0) is 17.2. The third-order valence-electron chi connectivity index (χ3n) is 4.79. The Labute approximate surface area is 150 Å². The van der Waals surface area contributed by atoms with E-state index in [1.807, 2.05) is 18.2 Å². The smallest absolute Gasteiger partial charge is 0.269 e. The van der Waals surface area contributed by atoms with E-state index < -0.39 is 0 Å². The summed E-state index contributed by atoms with van der Waals surface area (Å²) in [6.07, 6.45) is 3.25. The Hall–Kier alpha value is -2.31. The van der Waals surface area contributed by atoms with E-state index in [0.717, 1.165) is 37.0 Å². The molecule has 1 aromatic heterocycles. The number of likely N-dealkylation sites (tertiary alicyclic amines) is 1. The first-order valence-corrected chi connectivity index (χ1v) is 9.35. The Morgan fingerprint density at radius 1 is 1.20 bits per heavy atom. The van der Waals surface area contributed by atoms with Gasteiger partial charge >= 0.3 is 0 Å². The molecule has 4 rings (SSSR count). The largest absolute Gasteiger partial charge is 0.294 e. The van der Waals surface area contributed by atoms with Crippen LogP contribution in [0.1, 0.15) is 29.5 Å². The Balaban J connectivity index is 1.45. The van der Waals surface area contributed by atoms with Crippen molar-refractivity contribution in [1.29, 1.82) is 0 Å². The van der Waals surface area contributed by atoms with Crippen molar-refractivity contribution in [3.8, 4) is 0 Å². The predicted octanol–water partition coefficient (Wildman–Crippen LogP) is 4.58. The minimum absolute atomic E-state index is 0.150. The highest BCUT2D eigenvalue weighted by atomic mass is 32.1. The highest BCUT2D eigenvalue weighted by Gasteiger charge is 2.28. The molecule has 3 aromatic rings. The van der Waals surface area contributed by atoms with Crippen molar-refractivity contribution in [2.45, 2.75) is 25.3 Å². The van der Waals surface area contributed by atoms with E-state index in [4.69, 9.17) is 4.98 Å². The molecule has 0 spiro atoms. The van der Waals surface area contributed by atoms with Crippen LogP contribution in [-0.2, 0) is 6.42 Å². The molecule has 1 aliphatic rings. The number of nitro groups is 1. The van der Waals surface area contributed by atoms with E-state index in [-0.39, 0.29) is 10.6 Å². The van der Waals surface area contributed by atoms with Crippen molar-refractivity contribution < 1.29 is 4.92 Å². The number of benzene rings is 2. The van der Waals surface area contributed by atoms with Crippen LogP contribution in [0.5, 0.6) is 0 Å². The third kappa shape index (κ3) is 3.41. The van der Waals surface area contributed by atoms with Crippen molar-refractivity contribution in [3.05, 3.63) is 69.2 Å². The van der Waals surface area contributed by atoms with Gasteiger partial charge in [0.1, 0.15) is 5.01 Å². The van der Waals surface area contributed by atoms with Crippen LogP contribution in [0.3, 0.4) is 0 Å². The fourth-order valence-corrected chi connectivity index (χ4v) is 4.60. The number of fused-ring (bicyclic) bond motifs is 1. The van der Waals surface area contributed by atoms with Gasteiger partial charge in [-0.2, -0.15) is 0 Å². The number of hydrogen-bond donors (Lipinski definition) is 0. The lowest BCUT2D eigenvalue weighted by Crippen LogP contribution is -2.25. The number of aromatic nitrogens is 1. The number of hydrogen-bond acceptors (Lipinski definition) is 5. The van der Waals surface area contributed by atoms with Gasteiger partial charge < -0.3 is 0 Å². The number of non-ortho nitro benzene ring substituents is 1. The minimum atomic E-state index is -0.354.